The van der Waals surface area contributed by atoms with Crippen molar-refractivity contribution in [3.63, 3.8) is 0 Å². The molecule has 2 aromatic heterocycles. The lowest BCUT2D eigenvalue weighted by molar-refractivity contribution is 0.0768. The topological polar surface area (TPSA) is 69.2 Å². The van der Waals surface area contributed by atoms with Crippen LogP contribution in [0.2, 0.25) is 0 Å². The van der Waals surface area contributed by atoms with E-state index in [1.165, 1.54) is 16.9 Å². The standard InChI is InChI=1S/C33H41N5O3S/c1-33(2,3)23-10-8-22(9-11-23)31(39)37-19-26-27(20-37)28(26)21-38(32(40)41-30-7-6-16-42-30)24-12-13-29(34-17-24)36-15-14-25(18-36)35(4)5/h6-13,16-17,25-28H,14-15,18-21H2,1-5H3. The average molecular weight is 588 g/mol. The minimum Gasteiger partial charge on any atom is -0.399 e. The molecular weight excluding hydrogens is 546 g/mol. The summed E-state index contributed by atoms with van der Waals surface area (Å²) in [6.45, 7) is 10.5. The van der Waals surface area contributed by atoms with Gasteiger partial charge in [-0.1, -0.05) is 32.9 Å². The van der Waals surface area contributed by atoms with Crippen LogP contribution >= 0.6 is 11.3 Å². The molecular formula is C33H41N5O3S. The van der Waals surface area contributed by atoms with E-state index in [2.05, 4.69) is 56.8 Å². The third-order valence-electron chi connectivity index (χ3n) is 9.21. The summed E-state index contributed by atoms with van der Waals surface area (Å²) in [7, 11) is 4.24. The number of carbonyl (C=O) groups excluding carboxylic acids is 2. The van der Waals surface area contributed by atoms with Gasteiger partial charge in [0, 0.05) is 44.3 Å². The zero-order chi connectivity index (χ0) is 29.6. The number of thiophene rings is 1. The highest BCUT2D eigenvalue weighted by molar-refractivity contribution is 7.11. The Morgan fingerprint density at radius 1 is 1.02 bits per heavy atom. The predicted molar refractivity (Wildman–Crippen MR) is 168 cm³/mol. The van der Waals surface area contributed by atoms with Crippen LogP contribution in [0.15, 0.2) is 60.1 Å². The molecule has 1 aromatic carbocycles. The predicted octanol–water partition coefficient (Wildman–Crippen LogP) is 5.60. The largest absolute Gasteiger partial charge is 0.420 e. The summed E-state index contributed by atoms with van der Waals surface area (Å²) in [5, 5.41) is 2.47. The van der Waals surface area contributed by atoms with Gasteiger partial charge in [-0.15, -0.1) is 11.3 Å². The molecule has 9 heteroatoms. The van der Waals surface area contributed by atoms with E-state index in [-0.39, 0.29) is 11.3 Å². The maximum atomic E-state index is 13.4. The van der Waals surface area contributed by atoms with Gasteiger partial charge in [-0.05, 0) is 91.0 Å². The summed E-state index contributed by atoms with van der Waals surface area (Å²) >= 11 is 1.40. The Hall–Kier alpha value is -3.43. The second kappa shape index (κ2) is 11.3. The lowest BCUT2D eigenvalue weighted by Crippen LogP contribution is -2.38. The van der Waals surface area contributed by atoms with Crippen LogP contribution in [0, 0.1) is 17.8 Å². The second-order valence-electron chi connectivity index (χ2n) is 13.2. The second-order valence-corrected chi connectivity index (χ2v) is 14.1. The molecule has 3 aliphatic rings. The van der Waals surface area contributed by atoms with Crippen LogP contribution in [0.25, 0.3) is 0 Å². The van der Waals surface area contributed by atoms with Crippen LogP contribution in [0.5, 0.6) is 5.06 Å². The fourth-order valence-electron chi connectivity index (χ4n) is 6.44. The number of ether oxygens (including phenoxy) is 1. The number of fused-ring (bicyclic) bond motifs is 1. The Labute approximate surface area is 252 Å². The third-order valence-corrected chi connectivity index (χ3v) is 9.96. The summed E-state index contributed by atoms with van der Waals surface area (Å²) in [6, 6.07) is 16.2. The molecule has 3 unspecified atom stereocenters. The molecule has 0 N–H and O–H groups in total. The molecule has 3 fully saturated rings. The highest BCUT2D eigenvalue weighted by Crippen LogP contribution is 2.52. The molecule has 4 heterocycles. The van der Waals surface area contributed by atoms with Crippen LogP contribution in [-0.2, 0) is 5.41 Å². The molecule has 2 amide bonds. The van der Waals surface area contributed by atoms with Crippen molar-refractivity contribution in [1.82, 2.24) is 14.8 Å². The number of hydrogen-bond donors (Lipinski definition) is 0. The van der Waals surface area contributed by atoms with Gasteiger partial charge in [0.1, 0.15) is 5.82 Å². The maximum Gasteiger partial charge on any atom is 0.420 e. The van der Waals surface area contributed by atoms with Gasteiger partial charge in [0.2, 0.25) is 0 Å². The van der Waals surface area contributed by atoms with Crippen molar-refractivity contribution in [3.05, 3.63) is 71.2 Å². The molecule has 6 rings (SSSR count). The molecule has 0 bridgehead atoms. The summed E-state index contributed by atoms with van der Waals surface area (Å²) < 4.78 is 5.74. The van der Waals surface area contributed by atoms with Crippen molar-refractivity contribution in [3.8, 4) is 5.06 Å². The zero-order valence-corrected chi connectivity index (χ0v) is 26.0. The van der Waals surface area contributed by atoms with Crippen LogP contribution in [0.4, 0.5) is 16.3 Å². The number of anilines is 2. The first kappa shape index (κ1) is 28.7. The quantitative estimate of drug-likeness (QED) is 0.358. The van der Waals surface area contributed by atoms with Crippen molar-refractivity contribution in [1.29, 1.82) is 0 Å². The number of rotatable bonds is 7. The van der Waals surface area contributed by atoms with Crippen molar-refractivity contribution < 1.29 is 14.3 Å². The Balaban J connectivity index is 1.11. The Bertz CT molecular complexity index is 1390. The number of aromatic nitrogens is 1. The molecule has 42 heavy (non-hydrogen) atoms. The van der Waals surface area contributed by atoms with E-state index >= 15 is 0 Å². The van der Waals surface area contributed by atoms with Gasteiger partial charge in [-0.25, -0.2) is 9.78 Å². The van der Waals surface area contributed by atoms with Gasteiger partial charge in [0.25, 0.3) is 5.91 Å². The number of nitrogens with zero attached hydrogens (tertiary/aromatic N) is 5. The first-order valence-electron chi connectivity index (χ1n) is 14.9. The summed E-state index contributed by atoms with van der Waals surface area (Å²) in [6.07, 6.45) is 2.52. The van der Waals surface area contributed by atoms with Crippen molar-refractivity contribution >= 4 is 34.8 Å². The molecule has 222 valence electrons. The van der Waals surface area contributed by atoms with E-state index in [0.29, 0.717) is 35.4 Å². The SMILES string of the molecule is CN(C)C1CCN(c2ccc(N(CC3C4CN(C(=O)c5ccc(C(C)(C)C)cc5)CC43)C(=O)Oc3cccs3)cn2)C1. The number of amides is 2. The Morgan fingerprint density at radius 2 is 1.76 bits per heavy atom. The molecule has 1 aliphatic carbocycles. The Kier molecular flexibility index (Phi) is 7.74. The molecule has 2 aliphatic heterocycles. The van der Waals surface area contributed by atoms with E-state index in [0.717, 1.165) is 49.7 Å². The smallest absolute Gasteiger partial charge is 0.399 e. The molecule has 1 saturated carbocycles. The summed E-state index contributed by atoms with van der Waals surface area (Å²) in [5.74, 6) is 2.13. The number of piperidine rings is 1. The van der Waals surface area contributed by atoms with E-state index in [9.17, 15) is 9.59 Å². The van der Waals surface area contributed by atoms with Gasteiger partial charge < -0.3 is 19.4 Å². The average Bonchev–Trinajstić information content (AvgIpc) is 3.51. The number of likely N-dealkylation sites (N-methyl/N-ethyl adjacent to an activating group) is 1. The van der Waals surface area contributed by atoms with Gasteiger partial charge in [0.05, 0.1) is 11.9 Å². The third kappa shape index (κ3) is 5.90. The van der Waals surface area contributed by atoms with E-state index < -0.39 is 6.09 Å². The summed E-state index contributed by atoms with van der Waals surface area (Å²) in [5.41, 5.74) is 2.75. The number of benzene rings is 1. The monoisotopic (exact) mass is 587 g/mol. The minimum absolute atomic E-state index is 0.0553. The van der Waals surface area contributed by atoms with E-state index in [1.807, 2.05) is 40.6 Å². The van der Waals surface area contributed by atoms with Crippen molar-refractivity contribution in [2.45, 2.75) is 38.6 Å². The number of pyridine rings is 1. The Morgan fingerprint density at radius 3 is 2.33 bits per heavy atom. The molecule has 0 spiro atoms. The molecule has 3 aromatic rings. The van der Waals surface area contributed by atoms with Crippen molar-refractivity contribution in [2.24, 2.45) is 17.8 Å². The van der Waals surface area contributed by atoms with Crippen LogP contribution in [0.3, 0.4) is 0 Å². The molecule has 3 atom stereocenters. The molecule has 0 radical (unpaired) electrons. The number of hydrogen-bond acceptors (Lipinski definition) is 7. The van der Waals surface area contributed by atoms with Gasteiger partial charge in [-0.3, -0.25) is 9.69 Å². The van der Waals surface area contributed by atoms with Crippen LogP contribution in [-0.4, -0.2) is 79.6 Å². The molecule has 2 saturated heterocycles. The number of likely N-dealkylation sites (tertiary alicyclic amines) is 1. The van der Waals surface area contributed by atoms with Gasteiger partial charge >= 0.3 is 6.09 Å². The zero-order valence-electron chi connectivity index (χ0n) is 25.2. The first-order valence-corrected chi connectivity index (χ1v) is 15.8. The minimum atomic E-state index is -0.391. The lowest BCUT2D eigenvalue weighted by Gasteiger charge is -2.26. The number of carbonyl (C=O) groups is 2. The summed E-state index contributed by atoms with van der Waals surface area (Å²) in [4.78, 5) is 39.7. The maximum absolute atomic E-state index is 13.4. The highest BCUT2D eigenvalue weighted by atomic mass is 32.1. The first-order chi connectivity index (χ1) is 20.1. The van der Waals surface area contributed by atoms with Gasteiger partial charge in [-0.2, -0.15) is 0 Å². The molecule has 8 nitrogen and oxygen atoms in total. The fraction of sp³-hybridized carbons (Fsp3) is 0.485. The van der Waals surface area contributed by atoms with Crippen molar-refractivity contribution in [2.75, 3.05) is 56.6 Å². The van der Waals surface area contributed by atoms with E-state index in [4.69, 9.17) is 9.72 Å². The van der Waals surface area contributed by atoms with E-state index in [1.54, 1.807) is 17.2 Å². The normalized spacial score (nSPS) is 23.3. The van der Waals surface area contributed by atoms with Crippen LogP contribution < -0.4 is 14.5 Å². The highest BCUT2D eigenvalue weighted by Gasteiger charge is 2.57. The van der Waals surface area contributed by atoms with Gasteiger partial charge in [0.15, 0.2) is 5.06 Å². The fourth-order valence-corrected chi connectivity index (χ4v) is 7.00. The lowest BCUT2D eigenvalue weighted by atomic mass is 9.86. The van der Waals surface area contributed by atoms with Crippen LogP contribution in [0.1, 0.15) is 43.1 Å².